The number of amides is 1. The Kier molecular flexibility index (Phi) is 4.64. The standard InChI is InChI=1S/C19H17F4N5O/c20-11-6-4-10(5-7-11)18(29)28-8-2-1-3-14(28)13-9-12(19(21,22)23)15-16(24)26-27-17(15)25-13/h4-7,9,14H,1-3,8H2,(H3,24,25,26,27)/t14-/m1/s1. The number of carbonyl (C=O) groups is 1. The molecule has 1 atom stereocenters. The van der Waals surface area contributed by atoms with Gasteiger partial charge in [0.05, 0.1) is 22.7 Å². The highest BCUT2D eigenvalue weighted by atomic mass is 19.4. The number of hydrogen-bond acceptors (Lipinski definition) is 4. The number of alkyl halides is 3. The Bertz CT molecular complexity index is 1060. The van der Waals surface area contributed by atoms with Gasteiger partial charge in [-0.2, -0.15) is 18.3 Å². The van der Waals surface area contributed by atoms with Crippen LogP contribution in [0.1, 0.15) is 46.9 Å². The molecule has 0 saturated carbocycles. The quantitative estimate of drug-likeness (QED) is 0.627. The molecule has 1 fully saturated rings. The van der Waals surface area contributed by atoms with E-state index >= 15 is 0 Å². The molecule has 0 bridgehead atoms. The molecular formula is C19H17F4N5O. The summed E-state index contributed by atoms with van der Waals surface area (Å²) in [6, 6.07) is 5.35. The lowest BCUT2D eigenvalue weighted by Crippen LogP contribution is -2.39. The zero-order valence-electron chi connectivity index (χ0n) is 15.1. The van der Waals surface area contributed by atoms with Crippen molar-refractivity contribution in [3.05, 3.63) is 53.0 Å². The number of hydrogen-bond donors (Lipinski definition) is 2. The molecule has 10 heteroatoms. The summed E-state index contributed by atoms with van der Waals surface area (Å²) in [6.07, 6.45) is -2.74. The number of pyridine rings is 1. The highest BCUT2D eigenvalue weighted by molar-refractivity contribution is 5.94. The number of H-pyrrole nitrogens is 1. The Morgan fingerprint density at radius 2 is 1.93 bits per heavy atom. The topological polar surface area (TPSA) is 87.9 Å². The highest BCUT2D eigenvalue weighted by Gasteiger charge is 2.37. The van der Waals surface area contributed by atoms with Crippen LogP contribution >= 0.6 is 0 Å². The minimum absolute atomic E-state index is 0.103. The van der Waals surface area contributed by atoms with Crippen LogP contribution in [0.2, 0.25) is 0 Å². The lowest BCUT2D eigenvalue weighted by Gasteiger charge is -2.35. The fourth-order valence-electron chi connectivity index (χ4n) is 3.70. The third-order valence-corrected chi connectivity index (χ3v) is 5.07. The molecule has 3 N–H and O–H groups in total. The van der Waals surface area contributed by atoms with Crippen molar-refractivity contribution in [2.75, 3.05) is 12.3 Å². The summed E-state index contributed by atoms with van der Waals surface area (Å²) >= 11 is 0. The third-order valence-electron chi connectivity index (χ3n) is 5.07. The first-order valence-electron chi connectivity index (χ1n) is 9.04. The smallest absolute Gasteiger partial charge is 0.383 e. The van der Waals surface area contributed by atoms with Crippen molar-refractivity contribution in [2.24, 2.45) is 0 Å². The van der Waals surface area contributed by atoms with E-state index in [0.717, 1.165) is 12.5 Å². The number of nitrogens with zero attached hydrogens (tertiary/aromatic N) is 3. The van der Waals surface area contributed by atoms with E-state index in [9.17, 15) is 22.4 Å². The molecule has 1 saturated heterocycles. The average Bonchev–Trinajstić information content (AvgIpc) is 3.07. The molecule has 1 amide bonds. The van der Waals surface area contributed by atoms with Gasteiger partial charge < -0.3 is 10.6 Å². The van der Waals surface area contributed by atoms with Crippen LogP contribution in [0.3, 0.4) is 0 Å². The van der Waals surface area contributed by atoms with Crippen molar-refractivity contribution in [3.63, 3.8) is 0 Å². The summed E-state index contributed by atoms with van der Waals surface area (Å²) in [5.74, 6) is -1.07. The van der Waals surface area contributed by atoms with Gasteiger partial charge in [0.2, 0.25) is 0 Å². The number of halogens is 4. The molecule has 0 spiro atoms. The fourth-order valence-corrected chi connectivity index (χ4v) is 3.70. The third kappa shape index (κ3) is 3.50. The molecule has 3 heterocycles. The molecule has 0 aliphatic carbocycles. The molecule has 1 aliphatic heterocycles. The van der Waals surface area contributed by atoms with Gasteiger partial charge >= 0.3 is 6.18 Å². The molecule has 3 aromatic rings. The summed E-state index contributed by atoms with van der Waals surface area (Å²) in [7, 11) is 0. The number of rotatable bonds is 2. The van der Waals surface area contributed by atoms with Crippen LogP contribution in [-0.4, -0.2) is 32.5 Å². The number of nitrogens with two attached hydrogens (primary N) is 1. The number of benzene rings is 1. The molecule has 29 heavy (non-hydrogen) atoms. The maximum Gasteiger partial charge on any atom is 0.417 e. The lowest BCUT2D eigenvalue weighted by molar-refractivity contribution is -0.136. The number of fused-ring (bicyclic) bond motifs is 1. The number of anilines is 1. The van der Waals surface area contributed by atoms with Gasteiger partial charge in [-0.3, -0.25) is 9.89 Å². The summed E-state index contributed by atoms with van der Waals surface area (Å²) in [4.78, 5) is 18.7. The second kappa shape index (κ2) is 7.02. The number of nitrogen functional groups attached to an aromatic ring is 1. The van der Waals surface area contributed by atoms with Crippen LogP contribution in [0.25, 0.3) is 11.0 Å². The first-order valence-corrected chi connectivity index (χ1v) is 9.04. The summed E-state index contributed by atoms with van der Waals surface area (Å²) in [5.41, 5.74) is 4.89. The monoisotopic (exact) mass is 407 g/mol. The number of carbonyl (C=O) groups excluding carboxylic acids is 1. The van der Waals surface area contributed by atoms with Gasteiger partial charge in [0.15, 0.2) is 5.65 Å². The van der Waals surface area contributed by atoms with Crippen LogP contribution in [0.15, 0.2) is 30.3 Å². The van der Waals surface area contributed by atoms with Gasteiger partial charge in [-0.1, -0.05) is 0 Å². The first kappa shape index (κ1) is 19.2. The predicted molar refractivity (Wildman–Crippen MR) is 97.3 cm³/mol. The molecule has 4 rings (SSSR count). The summed E-state index contributed by atoms with van der Waals surface area (Å²) in [5, 5.41) is 5.83. The van der Waals surface area contributed by atoms with Crippen molar-refractivity contribution in [2.45, 2.75) is 31.5 Å². The van der Waals surface area contributed by atoms with Crippen molar-refractivity contribution in [1.82, 2.24) is 20.1 Å². The average molecular weight is 407 g/mol. The Morgan fingerprint density at radius 3 is 2.62 bits per heavy atom. The number of piperidine rings is 1. The van der Waals surface area contributed by atoms with Crippen molar-refractivity contribution in [1.29, 1.82) is 0 Å². The predicted octanol–water partition coefficient (Wildman–Crippen LogP) is 4.07. The molecule has 0 radical (unpaired) electrons. The van der Waals surface area contributed by atoms with Crippen LogP contribution in [0.4, 0.5) is 23.4 Å². The maximum absolute atomic E-state index is 13.6. The number of aromatic nitrogens is 3. The minimum atomic E-state index is -4.66. The van der Waals surface area contributed by atoms with E-state index in [-0.39, 0.29) is 34.0 Å². The van der Waals surface area contributed by atoms with Gasteiger partial charge in [-0.15, -0.1) is 0 Å². The van der Waals surface area contributed by atoms with Crippen molar-refractivity contribution >= 4 is 22.8 Å². The number of aromatic amines is 1. The van der Waals surface area contributed by atoms with Gasteiger partial charge in [0.1, 0.15) is 11.6 Å². The van der Waals surface area contributed by atoms with Crippen LogP contribution in [-0.2, 0) is 6.18 Å². The Balaban J connectivity index is 1.78. The maximum atomic E-state index is 13.6. The second-order valence-electron chi connectivity index (χ2n) is 6.95. The largest absolute Gasteiger partial charge is 0.417 e. The van der Waals surface area contributed by atoms with E-state index < -0.39 is 23.6 Å². The molecule has 1 aliphatic rings. The van der Waals surface area contributed by atoms with Crippen LogP contribution < -0.4 is 5.73 Å². The van der Waals surface area contributed by atoms with Gasteiger partial charge in [-0.25, -0.2) is 9.37 Å². The molecule has 1 aromatic carbocycles. The highest BCUT2D eigenvalue weighted by Crippen LogP contribution is 2.39. The zero-order chi connectivity index (χ0) is 20.8. The SMILES string of the molecule is Nc1[nH]nc2nc([C@H]3CCCCN3C(=O)c3ccc(F)cc3)cc(C(F)(F)F)c12. The summed E-state index contributed by atoms with van der Waals surface area (Å²) < 4.78 is 54.1. The van der Waals surface area contributed by atoms with E-state index in [4.69, 9.17) is 5.73 Å². The fraction of sp³-hybridized carbons (Fsp3) is 0.316. The minimum Gasteiger partial charge on any atom is -0.383 e. The molecule has 0 unspecified atom stereocenters. The first-order chi connectivity index (χ1) is 13.8. The Morgan fingerprint density at radius 1 is 1.21 bits per heavy atom. The van der Waals surface area contributed by atoms with Gasteiger partial charge in [0, 0.05) is 12.1 Å². The molecule has 152 valence electrons. The molecule has 2 aromatic heterocycles. The lowest BCUT2D eigenvalue weighted by atomic mass is 9.96. The number of nitrogens with one attached hydrogen (secondary N) is 1. The van der Waals surface area contributed by atoms with Crippen molar-refractivity contribution in [3.8, 4) is 0 Å². The van der Waals surface area contributed by atoms with E-state index in [1.54, 1.807) is 0 Å². The van der Waals surface area contributed by atoms with Crippen LogP contribution in [0, 0.1) is 5.82 Å². The normalized spacial score (nSPS) is 17.7. The van der Waals surface area contributed by atoms with Crippen molar-refractivity contribution < 1.29 is 22.4 Å². The van der Waals surface area contributed by atoms with E-state index in [2.05, 4.69) is 15.2 Å². The van der Waals surface area contributed by atoms with Gasteiger partial charge in [0.25, 0.3) is 5.91 Å². The van der Waals surface area contributed by atoms with E-state index in [0.29, 0.717) is 19.4 Å². The Hall–Kier alpha value is -3.17. The van der Waals surface area contributed by atoms with E-state index in [1.165, 1.54) is 29.2 Å². The van der Waals surface area contributed by atoms with Crippen LogP contribution in [0.5, 0.6) is 0 Å². The second-order valence-corrected chi connectivity index (χ2v) is 6.95. The number of likely N-dealkylation sites (tertiary alicyclic amines) is 1. The zero-order valence-corrected chi connectivity index (χ0v) is 15.1. The van der Waals surface area contributed by atoms with E-state index in [1.807, 2.05) is 0 Å². The molecular weight excluding hydrogens is 390 g/mol. The molecule has 6 nitrogen and oxygen atoms in total. The van der Waals surface area contributed by atoms with Gasteiger partial charge in [-0.05, 0) is 49.6 Å². The summed E-state index contributed by atoms with van der Waals surface area (Å²) in [6.45, 7) is 0.366. The Labute approximate surface area is 162 Å².